The number of methoxy groups -OCH3 is 1. The van der Waals surface area contributed by atoms with Gasteiger partial charge in [0.15, 0.2) is 5.17 Å². The minimum Gasteiger partial charge on any atom is -0.495 e. The quantitative estimate of drug-likeness (QED) is 0.734. The fraction of sp³-hybridized carbons (Fsp3) is 0.125. The van der Waals surface area contributed by atoms with Crippen molar-refractivity contribution in [2.45, 2.75) is 4.90 Å². The Kier molecular flexibility index (Phi) is 2.01. The SMILES string of the molecule is COc1cccc2c1S(=O)(=O)N=C2Cl. The minimum absolute atomic E-state index is 0.0149. The molecule has 0 aromatic heterocycles. The Morgan fingerprint density at radius 3 is 2.79 bits per heavy atom. The van der Waals surface area contributed by atoms with Crippen molar-refractivity contribution in [3.8, 4) is 5.75 Å². The van der Waals surface area contributed by atoms with Crippen LogP contribution in [0.5, 0.6) is 5.75 Å². The van der Waals surface area contributed by atoms with Crippen LogP contribution < -0.4 is 4.74 Å². The van der Waals surface area contributed by atoms with Crippen LogP contribution in [-0.2, 0) is 10.0 Å². The second-order valence-electron chi connectivity index (χ2n) is 2.69. The van der Waals surface area contributed by atoms with Crippen molar-refractivity contribution < 1.29 is 13.2 Å². The van der Waals surface area contributed by atoms with Crippen LogP contribution in [-0.4, -0.2) is 20.7 Å². The van der Waals surface area contributed by atoms with Gasteiger partial charge in [-0.15, -0.1) is 4.40 Å². The summed E-state index contributed by atoms with van der Waals surface area (Å²) < 4.78 is 31.3. The molecule has 0 saturated heterocycles. The van der Waals surface area contributed by atoms with E-state index >= 15 is 0 Å². The Labute approximate surface area is 86.2 Å². The van der Waals surface area contributed by atoms with E-state index in [-0.39, 0.29) is 15.8 Å². The highest BCUT2D eigenvalue weighted by molar-refractivity contribution is 7.91. The summed E-state index contributed by atoms with van der Waals surface area (Å²) in [6.45, 7) is 0. The van der Waals surface area contributed by atoms with Gasteiger partial charge in [0.05, 0.1) is 7.11 Å². The van der Waals surface area contributed by atoms with E-state index in [0.717, 1.165) is 0 Å². The second kappa shape index (κ2) is 2.96. The summed E-state index contributed by atoms with van der Waals surface area (Å²) in [6, 6.07) is 4.81. The second-order valence-corrected chi connectivity index (χ2v) is 4.59. The summed E-state index contributed by atoms with van der Waals surface area (Å²) in [5.74, 6) is 0.266. The van der Waals surface area contributed by atoms with E-state index in [2.05, 4.69) is 4.40 Å². The van der Waals surface area contributed by atoms with Gasteiger partial charge in [-0.05, 0) is 6.07 Å². The third-order valence-corrected chi connectivity index (χ3v) is 3.63. The van der Waals surface area contributed by atoms with Crippen molar-refractivity contribution >= 4 is 26.8 Å². The monoisotopic (exact) mass is 231 g/mol. The van der Waals surface area contributed by atoms with Crippen molar-refractivity contribution in [2.75, 3.05) is 7.11 Å². The Balaban J connectivity index is 2.83. The van der Waals surface area contributed by atoms with Gasteiger partial charge < -0.3 is 4.74 Å². The maximum Gasteiger partial charge on any atom is 0.288 e. The average Bonchev–Trinajstić information content (AvgIpc) is 2.38. The van der Waals surface area contributed by atoms with Gasteiger partial charge in [0, 0.05) is 5.56 Å². The van der Waals surface area contributed by atoms with E-state index in [9.17, 15) is 8.42 Å². The van der Waals surface area contributed by atoms with Gasteiger partial charge in [0.25, 0.3) is 10.0 Å². The van der Waals surface area contributed by atoms with Gasteiger partial charge in [-0.25, -0.2) is 0 Å². The highest BCUT2D eigenvalue weighted by Gasteiger charge is 2.31. The summed E-state index contributed by atoms with van der Waals surface area (Å²) in [7, 11) is -2.27. The molecule has 0 spiro atoms. The van der Waals surface area contributed by atoms with Crippen molar-refractivity contribution in [3.63, 3.8) is 0 Å². The fourth-order valence-electron chi connectivity index (χ4n) is 1.31. The maximum absolute atomic E-state index is 11.5. The number of rotatable bonds is 1. The molecule has 0 amide bonds. The van der Waals surface area contributed by atoms with E-state index in [4.69, 9.17) is 16.3 Å². The molecule has 0 fully saturated rings. The molecule has 0 unspecified atom stereocenters. The molecular weight excluding hydrogens is 226 g/mol. The standard InChI is InChI=1S/C8H6ClNO3S/c1-13-6-4-2-3-5-7(6)14(11,12)10-8(5)9/h2-4H,1H3. The smallest absolute Gasteiger partial charge is 0.288 e. The average molecular weight is 232 g/mol. The molecule has 1 aromatic rings. The van der Waals surface area contributed by atoms with E-state index in [1.54, 1.807) is 18.2 Å². The van der Waals surface area contributed by atoms with Crippen LogP contribution in [0.4, 0.5) is 0 Å². The normalized spacial score (nSPS) is 17.4. The Morgan fingerprint density at radius 1 is 1.43 bits per heavy atom. The van der Waals surface area contributed by atoms with Crippen LogP contribution in [0, 0.1) is 0 Å². The first-order valence-corrected chi connectivity index (χ1v) is 5.56. The molecule has 0 atom stereocenters. The lowest BCUT2D eigenvalue weighted by Crippen LogP contribution is -1.98. The summed E-state index contributed by atoms with van der Waals surface area (Å²) >= 11 is 5.67. The molecule has 0 aliphatic carbocycles. The van der Waals surface area contributed by atoms with Gasteiger partial charge >= 0.3 is 0 Å². The molecule has 0 saturated carbocycles. The maximum atomic E-state index is 11.5. The summed E-state index contributed by atoms with van der Waals surface area (Å²) in [5, 5.41) is -0.0149. The summed E-state index contributed by atoms with van der Waals surface area (Å²) in [5.41, 5.74) is 0.394. The third-order valence-electron chi connectivity index (χ3n) is 1.88. The molecule has 74 valence electrons. The largest absolute Gasteiger partial charge is 0.495 e. The Bertz CT molecular complexity index is 521. The molecule has 0 radical (unpaired) electrons. The molecule has 1 aliphatic rings. The summed E-state index contributed by atoms with van der Waals surface area (Å²) in [4.78, 5) is 0.0486. The van der Waals surface area contributed by atoms with Crippen LogP contribution in [0.1, 0.15) is 5.56 Å². The van der Waals surface area contributed by atoms with Crippen LogP contribution in [0.2, 0.25) is 0 Å². The predicted molar refractivity (Wildman–Crippen MR) is 52.6 cm³/mol. The van der Waals surface area contributed by atoms with Crippen molar-refractivity contribution in [3.05, 3.63) is 23.8 Å². The molecule has 4 nitrogen and oxygen atoms in total. The van der Waals surface area contributed by atoms with Crippen molar-refractivity contribution in [1.82, 2.24) is 0 Å². The minimum atomic E-state index is -3.67. The van der Waals surface area contributed by atoms with E-state index in [1.807, 2.05) is 0 Å². The number of nitrogens with zero attached hydrogens (tertiary/aromatic N) is 1. The number of benzene rings is 1. The van der Waals surface area contributed by atoms with Crippen LogP contribution in [0.3, 0.4) is 0 Å². The lowest BCUT2D eigenvalue weighted by molar-refractivity contribution is 0.403. The molecule has 6 heteroatoms. The molecular formula is C8H6ClNO3S. The molecule has 1 heterocycles. The zero-order chi connectivity index (χ0) is 10.3. The number of sulfonamides is 1. The number of hydrogen-bond donors (Lipinski definition) is 0. The van der Waals surface area contributed by atoms with E-state index in [1.165, 1.54) is 7.11 Å². The summed E-state index contributed by atoms with van der Waals surface area (Å²) in [6.07, 6.45) is 0. The first-order chi connectivity index (χ1) is 6.56. The topological polar surface area (TPSA) is 55.7 Å². The zero-order valence-electron chi connectivity index (χ0n) is 7.19. The third kappa shape index (κ3) is 1.20. The van der Waals surface area contributed by atoms with Gasteiger partial charge in [0.2, 0.25) is 0 Å². The zero-order valence-corrected chi connectivity index (χ0v) is 8.76. The Morgan fingerprint density at radius 2 is 2.14 bits per heavy atom. The van der Waals surface area contributed by atoms with Gasteiger partial charge in [-0.1, -0.05) is 23.7 Å². The first kappa shape index (κ1) is 9.48. The lowest BCUT2D eigenvalue weighted by Gasteiger charge is -2.04. The number of ether oxygens (including phenoxy) is 1. The van der Waals surface area contributed by atoms with Crippen molar-refractivity contribution in [2.24, 2.45) is 4.40 Å². The fourth-order valence-corrected chi connectivity index (χ4v) is 3.04. The number of halogens is 1. The molecule has 0 bridgehead atoms. The van der Waals surface area contributed by atoms with E-state index < -0.39 is 10.0 Å². The van der Waals surface area contributed by atoms with Gasteiger partial charge in [-0.3, -0.25) is 0 Å². The molecule has 1 aliphatic heterocycles. The molecule has 14 heavy (non-hydrogen) atoms. The van der Waals surface area contributed by atoms with Crippen LogP contribution in [0.15, 0.2) is 27.5 Å². The van der Waals surface area contributed by atoms with Gasteiger partial charge in [-0.2, -0.15) is 8.42 Å². The Hall–Kier alpha value is -1.07. The number of fused-ring (bicyclic) bond motifs is 1. The van der Waals surface area contributed by atoms with Crippen LogP contribution >= 0.6 is 11.6 Å². The van der Waals surface area contributed by atoms with E-state index in [0.29, 0.717) is 5.56 Å². The predicted octanol–water partition coefficient (Wildman–Crippen LogP) is 1.38. The lowest BCUT2D eigenvalue weighted by atomic mass is 10.2. The molecule has 2 rings (SSSR count). The van der Waals surface area contributed by atoms with Crippen molar-refractivity contribution in [1.29, 1.82) is 0 Å². The van der Waals surface area contributed by atoms with Crippen LogP contribution in [0.25, 0.3) is 0 Å². The first-order valence-electron chi connectivity index (χ1n) is 3.74. The molecule has 0 N–H and O–H groups in total. The molecule has 1 aromatic carbocycles. The highest BCUT2D eigenvalue weighted by Crippen LogP contribution is 2.35. The van der Waals surface area contributed by atoms with Gasteiger partial charge in [0.1, 0.15) is 10.6 Å². The highest BCUT2D eigenvalue weighted by atomic mass is 35.5. The number of hydrogen-bond acceptors (Lipinski definition) is 3.